The van der Waals surface area contributed by atoms with Gasteiger partial charge in [-0.1, -0.05) is 12.1 Å². The predicted molar refractivity (Wildman–Crippen MR) is 92.7 cm³/mol. The summed E-state index contributed by atoms with van der Waals surface area (Å²) in [5.41, 5.74) is 1.41. The van der Waals surface area contributed by atoms with Crippen molar-refractivity contribution in [2.45, 2.75) is 0 Å². The molecule has 0 N–H and O–H groups in total. The molecular weight excluding hydrogens is 338 g/mol. The summed E-state index contributed by atoms with van der Waals surface area (Å²) < 4.78 is 26.6. The van der Waals surface area contributed by atoms with Crippen LogP contribution >= 0.6 is 0 Å². The summed E-state index contributed by atoms with van der Waals surface area (Å²) in [6, 6.07) is 10.6. The molecule has 0 radical (unpaired) electrons. The molecule has 2 aliphatic rings. The van der Waals surface area contributed by atoms with E-state index in [4.69, 9.17) is 23.7 Å². The minimum Gasteiger partial charge on any atom is -0.496 e. The first-order valence-corrected chi connectivity index (χ1v) is 7.83. The van der Waals surface area contributed by atoms with E-state index in [0.717, 1.165) is 5.56 Å². The summed E-state index contributed by atoms with van der Waals surface area (Å²) in [5, 5.41) is 0. The molecular formula is C19H15NO6. The van der Waals surface area contributed by atoms with Crippen LogP contribution in [-0.2, 0) is 9.53 Å². The zero-order chi connectivity index (χ0) is 18.1. The maximum absolute atomic E-state index is 12.3. The molecule has 0 fully saturated rings. The van der Waals surface area contributed by atoms with Gasteiger partial charge in [0.25, 0.3) is 0 Å². The highest BCUT2D eigenvalue weighted by Gasteiger charge is 2.29. The number of benzene rings is 2. The molecule has 0 aromatic heterocycles. The van der Waals surface area contributed by atoms with Gasteiger partial charge in [0.1, 0.15) is 17.1 Å². The third-order valence-corrected chi connectivity index (χ3v) is 3.96. The van der Waals surface area contributed by atoms with Crippen molar-refractivity contribution < 1.29 is 28.5 Å². The van der Waals surface area contributed by atoms with Gasteiger partial charge in [0.2, 0.25) is 12.7 Å². The number of rotatable bonds is 4. The van der Waals surface area contributed by atoms with E-state index < -0.39 is 5.97 Å². The van der Waals surface area contributed by atoms with Gasteiger partial charge in [0.05, 0.1) is 14.2 Å². The van der Waals surface area contributed by atoms with Crippen LogP contribution in [0.5, 0.6) is 23.0 Å². The Morgan fingerprint density at radius 2 is 1.77 bits per heavy atom. The Balaban J connectivity index is 1.72. The average Bonchev–Trinajstić information content (AvgIpc) is 3.27. The zero-order valence-corrected chi connectivity index (χ0v) is 14.1. The molecule has 26 heavy (non-hydrogen) atoms. The van der Waals surface area contributed by atoms with Gasteiger partial charge >= 0.3 is 5.97 Å². The number of cyclic esters (lactones) is 1. The highest BCUT2D eigenvalue weighted by Crippen LogP contribution is 2.35. The molecule has 2 heterocycles. The van der Waals surface area contributed by atoms with E-state index in [9.17, 15) is 4.79 Å². The Hall–Kier alpha value is -3.48. The van der Waals surface area contributed by atoms with Gasteiger partial charge in [-0.15, -0.1) is 0 Å². The van der Waals surface area contributed by atoms with Crippen molar-refractivity contribution in [2.75, 3.05) is 21.0 Å². The average molecular weight is 353 g/mol. The summed E-state index contributed by atoms with van der Waals surface area (Å²) in [4.78, 5) is 16.6. The Kier molecular flexibility index (Phi) is 3.96. The van der Waals surface area contributed by atoms with Crippen LogP contribution in [0, 0.1) is 0 Å². The molecule has 0 spiro atoms. The number of methoxy groups -OCH3 is 2. The van der Waals surface area contributed by atoms with E-state index in [2.05, 4.69) is 4.99 Å². The topological polar surface area (TPSA) is 75.6 Å². The standard InChI is InChI=1S/C19H15NO6/c1-22-14-4-3-5-15(23-2)17(14)18-20-12(19(21)26-18)8-11-6-7-13-16(9-11)25-10-24-13/h3-9H,10H2,1-2H3/b12-8+. The van der Waals surface area contributed by atoms with Crippen LogP contribution in [0.25, 0.3) is 6.08 Å². The van der Waals surface area contributed by atoms with E-state index in [-0.39, 0.29) is 18.4 Å². The van der Waals surface area contributed by atoms with Gasteiger partial charge < -0.3 is 23.7 Å². The summed E-state index contributed by atoms with van der Waals surface area (Å²) >= 11 is 0. The first-order chi connectivity index (χ1) is 12.7. The van der Waals surface area contributed by atoms with E-state index in [0.29, 0.717) is 28.6 Å². The van der Waals surface area contributed by atoms with Crippen LogP contribution in [0.1, 0.15) is 11.1 Å². The lowest BCUT2D eigenvalue weighted by molar-refractivity contribution is -0.129. The summed E-state index contributed by atoms with van der Waals surface area (Å²) in [7, 11) is 3.05. The number of fused-ring (bicyclic) bond motifs is 1. The minimum absolute atomic E-state index is 0.135. The Morgan fingerprint density at radius 3 is 2.50 bits per heavy atom. The van der Waals surface area contributed by atoms with Crippen molar-refractivity contribution in [1.82, 2.24) is 0 Å². The number of hydrogen-bond acceptors (Lipinski definition) is 7. The van der Waals surface area contributed by atoms with Crippen LogP contribution in [0.15, 0.2) is 47.1 Å². The number of hydrogen-bond donors (Lipinski definition) is 0. The maximum atomic E-state index is 12.3. The molecule has 0 amide bonds. The van der Waals surface area contributed by atoms with Gasteiger partial charge in [-0.05, 0) is 35.9 Å². The number of esters is 1. The van der Waals surface area contributed by atoms with Crippen molar-refractivity contribution in [3.63, 3.8) is 0 Å². The van der Waals surface area contributed by atoms with Crippen LogP contribution < -0.4 is 18.9 Å². The minimum atomic E-state index is -0.550. The molecule has 2 aliphatic heterocycles. The molecule has 132 valence electrons. The fourth-order valence-electron chi connectivity index (χ4n) is 2.74. The van der Waals surface area contributed by atoms with E-state index in [1.54, 1.807) is 36.4 Å². The monoisotopic (exact) mass is 353 g/mol. The molecule has 2 aromatic rings. The molecule has 7 heteroatoms. The lowest BCUT2D eigenvalue weighted by Crippen LogP contribution is -2.08. The quantitative estimate of drug-likeness (QED) is 0.621. The molecule has 2 aromatic carbocycles. The van der Waals surface area contributed by atoms with Gasteiger partial charge in [0.15, 0.2) is 17.2 Å². The number of carbonyl (C=O) groups is 1. The first kappa shape index (κ1) is 16.0. The second-order valence-corrected chi connectivity index (χ2v) is 5.49. The number of aliphatic imine (C=N–C) groups is 1. The largest absolute Gasteiger partial charge is 0.496 e. The Bertz CT molecular complexity index is 925. The van der Waals surface area contributed by atoms with Crippen molar-refractivity contribution in [3.05, 3.63) is 53.2 Å². The number of nitrogens with zero attached hydrogens (tertiary/aromatic N) is 1. The van der Waals surface area contributed by atoms with Crippen LogP contribution in [-0.4, -0.2) is 32.9 Å². The lowest BCUT2D eigenvalue weighted by Gasteiger charge is -2.11. The summed E-state index contributed by atoms with van der Waals surface area (Å²) in [6.45, 7) is 0.188. The lowest BCUT2D eigenvalue weighted by atomic mass is 10.1. The second-order valence-electron chi connectivity index (χ2n) is 5.49. The van der Waals surface area contributed by atoms with E-state index in [1.165, 1.54) is 14.2 Å². The van der Waals surface area contributed by atoms with Crippen LogP contribution in [0.4, 0.5) is 0 Å². The Morgan fingerprint density at radius 1 is 1.04 bits per heavy atom. The van der Waals surface area contributed by atoms with Crippen LogP contribution in [0.3, 0.4) is 0 Å². The molecule has 0 aliphatic carbocycles. The molecule has 0 saturated heterocycles. The normalized spacial score (nSPS) is 16.5. The molecule has 4 rings (SSSR count). The fourth-order valence-corrected chi connectivity index (χ4v) is 2.74. The van der Waals surface area contributed by atoms with Gasteiger partial charge in [-0.2, -0.15) is 0 Å². The number of carbonyl (C=O) groups excluding carboxylic acids is 1. The molecule has 0 atom stereocenters. The maximum Gasteiger partial charge on any atom is 0.363 e. The third-order valence-electron chi connectivity index (χ3n) is 3.96. The highest BCUT2D eigenvalue weighted by atomic mass is 16.7. The fraction of sp³-hybridized carbons (Fsp3) is 0.158. The third kappa shape index (κ3) is 2.73. The van der Waals surface area contributed by atoms with Crippen LogP contribution in [0.2, 0.25) is 0 Å². The predicted octanol–water partition coefficient (Wildman–Crippen LogP) is 2.78. The second kappa shape index (κ2) is 6.44. The zero-order valence-electron chi connectivity index (χ0n) is 14.1. The smallest absolute Gasteiger partial charge is 0.363 e. The van der Waals surface area contributed by atoms with Gasteiger partial charge in [-0.25, -0.2) is 9.79 Å². The van der Waals surface area contributed by atoms with Gasteiger partial charge in [-0.3, -0.25) is 0 Å². The molecule has 0 bridgehead atoms. The number of ether oxygens (including phenoxy) is 5. The molecule has 0 saturated carbocycles. The van der Waals surface area contributed by atoms with Crippen molar-refractivity contribution in [3.8, 4) is 23.0 Å². The van der Waals surface area contributed by atoms with E-state index in [1.807, 2.05) is 6.07 Å². The first-order valence-electron chi connectivity index (χ1n) is 7.83. The molecule has 0 unspecified atom stereocenters. The van der Waals surface area contributed by atoms with Crippen molar-refractivity contribution >= 4 is 17.9 Å². The van der Waals surface area contributed by atoms with Crippen molar-refractivity contribution in [1.29, 1.82) is 0 Å². The SMILES string of the molecule is COc1cccc(OC)c1C1=N/C(=C/c2ccc3c(c2)OCO3)C(=O)O1. The van der Waals surface area contributed by atoms with E-state index >= 15 is 0 Å². The van der Waals surface area contributed by atoms with Crippen molar-refractivity contribution in [2.24, 2.45) is 4.99 Å². The Labute approximate surface area is 149 Å². The summed E-state index contributed by atoms with van der Waals surface area (Å²) in [6.07, 6.45) is 1.62. The summed E-state index contributed by atoms with van der Waals surface area (Å²) in [5.74, 6) is 1.88. The van der Waals surface area contributed by atoms with Gasteiger partial charge in [0, 0.05) is 0 Å². The molecule has 7 nitrogen and oxygen atoms in total. The highest BCUT2D eigenvalue weighted by molar-refractivity contribution is 6.14.